The maximum absolute atomic E-state index is 4.62. The van der Waals surface area contributed by atoms with E-state index in [1.165, 1.54) is 20.7 Å². The lowest BCUT2D eigenvalue weighted by Crippen LogP contribution is -1.77. The van der Waals surface area contributed by atoms with Crippen molar-refractivity contribution in [3.8, 4) is 10.6 Å². The minimum Gasteiger partial charge on any atom is -0.262 e. The monoisotopic (exact) mass is 246 g/mol. The molecule has 0 unspecified atom stereocenters. The summed E-state index contributed by atoms with van der Waals surface area (Å²) >= 11 is 3.52. The summed E-state index contributed by atoms with van der Waals surface area (Å²) in [6.07, 6.45) is 3.64. The van der Waals surface area contributed by atoms with Crippen molar-refractivity contribution >= 4 is 32.9 Å². The SMILES string of the molecule is Cc1scc(-c2nc3cnccc3s2)c1C. The number of rotatable bonds is 1. The molecule has 0 amide bonds. The Morgan fingerprint density at radius 1 is 1.25 bits per heavy atom. The van der Waals surface area contributed by atoms with Crippen LogP contribution in [0.5, 0.6) is 0 Å². The molecule has 3 rings (SSSR count). The van der Waals surface area contributed by atoms with E-state index in [0.717, 1.165) is 10.5 Å². The quantitative estimate of drug-likeness (QED) is 0.647. The summed E-state index contributed by atoms with van der Waals surface area (Å²) < 4.78 is 1.20. The molecule has 0 aromatic carbocycles. The predicted octanol–water partition coefficient (Wildman–Crippen LogP) is 4.04. The lowest BCUT2D eigenvalue weighted by atomic mass is 10.2. The second kappa shape index (κ2) is 3.64. The molecule has 0 spiro atoms. The number of thiazole rings is 1. The number of aromatic nitrogens is 2. The number of hydrogen-bond donors (Lipinski definition) is 0. The molecule has 16 heavy (non-hydrogen) atoms. The molecule has 2 nitrogen and oxygen atoms in total. The average Bonchev–Trinajstić information content (AvgIpc) is 2.84. The molecule has 0 saturated carbocycles. The van der Waals surface area contributed by atoms with Crippen LogP contribution in [0.25, 0.3) is 20.8 Å². The fourth-order valence-corrected chi connectivity index (χ4v) is 3.57. The Bertz CT molecular complexity index is 619. The van der Waals surface area contributed by atoms with Gasteiger partial charge in [0.05, 0.1) is 10.9 Å². The summed E-state index contributed by atoms with van der Waals surface area (Å²) in [5, 5.41) is 3.29. The van der Waals surface area contributed by atoms with E-state index in [1.807, 2.05) is 18.5 Å². The van der Waals surface area contributed by atoms with Crippen molar-refractivity contribution in [1.29, 1.82) is 0 Å². The van der Waals surface area contributed by atoms with Gasteiger partial charge in [0.25, 0.3) is 0 Å². The molecule has 0 atom stereocenters. The van der Waals surface area contributed by atoms with Gasteiger partial charge in [-0.3, -0.25) is 4.98 Å². The lowest BCUT2D eigenvalue weighted by molar-refractivity contribution is 1.33. The summed E-state index contributed by atoms with van der Waals surface area (Å²) in [4.78, 5) is 10.1. The van der Waals surface area contributed by atoms with E-state index in [4.69, 9.17) is 0 Å². The first-order valence-electron chi connectivity index (χ1n) is 5.01. The Balaban J connectivity index is 2.23. The van der Waals surface area contributed by atoms with Gasteiger partial charge in [-0.05, 0) is 25.5 Å². The van der Waals surface area contributed by atoms with Crippen LogP contribution in [0.2, 0.25) is 0 Å². The maximum Gasteiger partial charge on any atom is 0.125 e. The third-order valence-electron chi connectivity index (χ3n) is 2.71. The van der Waals surface area contributed by atoms with Crippen molar-refractivity contribution in [2.24, 2.45) is 0 Å². The molecular weight excluding hydrogens is 236 g/mol. The highest BCUT2D eigenvalue weighted by atomic mass is 32.1. The van der Waals surface area contributed by atoms with Crippen molar-refractivity contribution in [3.05, 3.63) is 34.3 Å². The maximum atomic E-state index is 4.62. The van der Waals surface area contributed by atoms with E-state index in [2.05, 4.69) is 29.2 Å². The van der Waals surface area contributed by atoms with Crippen molar-refractivity contribution in [1.82, 2.24) is 9.97 Å². The number of hydrogen-bond acceptors (Lipinski definition) is 4. The molecule has 3 aromatic heterocycles. The van der Waals surface area contributed by atoms with E-state index in [1.54, 1.807) is 22.7 Å². The zero-order valence-electron chi connectivity index (χ0n) is 9.02. The first-order valence-corrected chi connectivity index (χ1v) is 6.71. The first kappa shape index (κ1) is 9.93. The summed E-state index contributed by atoms with van der Waals surface area (Å²) in [5.74, 6) is 0. The zero-order chi connectivity index (χ0) is 11.1. The molecule has 0 aliphatic rings. The predicted molar refractivity (Wildman–Crippen MR) is 70.2 cm³/mol. The zero-order valence-corrected chi connectivity index (χ0v) is 10.7. The number of thiophene rings is 1. The third kappa shape index (κ3) is 1.45. The van der Waals surface area contributed by atoms with Crippen LogP contribution in [0.1, 0.15) is 10.4 Å². The third-order valence-corrected chi connectivity index (χ3v) is 4.79. The fourth-order valence-electron chi connectivity index (χ4n) is 1.62. The minimum atomic E-state index is 0.991. The van der Waals surface area contributed by atoms with Crippen molar-refractivity contribution in [2.75, 3.05) is 0 Å². The molecule has 3 heterocycles. The summed E-state index contributed by atoms with van der Waals surface area (Å²) in [6, 6.07) is 2.02. The standard InChI is InChI=1S/C12H10N2S2/c1-7-8(2)15-6-9(7)12-14-10-5-13-4-3-11(10)16-12/h3-6H,1-2H3. The Morgan fingerprint density at radius 3 is 2.81 bits per heavy atom. The molecule has 4 heteroatoms. The van der Waals surface area contributed by atoms with Gasteiger partial charge in [0, 0.05) is 22.0 Å². The molecule has 3 aromatic rings. The minimum absolute atomic E-state index is 0.991. The van der Waals surface area contributed by atoms with Gasteiger partial charge in [-0.1, -0.05) is 0 Å². The smallest absolute Gasteiger partial charge is 0.125 e. The molecular formula is C12H10N2S2. The molecule has 0 fully saturated rings. The van der Waals surface area contributed by atoms with Gasteiger partial charge in [0.1, 0.15) is 10.5 Å². The van der Waals surface area contributed by atoms with Gasteiger partial charge in [0.2, 0.25) is 0 Å². The van der Waals surface area contributed by atoms with E-state index < -0.39 is 0 Å². The largest absolute Gasteiger partial charge is 0.262 e. The highest BCUT2D eigenvalue weighted by molar-refractivity contribution is 7.22. The van der Waals surface area contributed by atoms with E-state index in [9.17, 15) is 0 Å². The van der Waals surface area contributed by atoms with Crippen LogP contribution in [0.4, 0.5) is 0 Å². The highest BCUT2D eigenvalue weighted by Gasteiger charge is 2.11. The Morgan fingerprint density at radius 2 is 2.12 bits per heavy atom. The first-order chi connectivity index (χ1) is 7.75. The molecule has 0 saturated heterocycles. The van der Waals surface area contributed by atoms with Crippen LogP contribution in [-0.2, 0) is 0 Å². The fraction of sp³-hybridized carbons (Fsp3) is 0.167. The van der Waals surface area contributed by atoms with Crippen molar-refractivity contribution in [2.45, 2.75) is 13.8 Å². The summed E-state index contributed by atoms with van der Waals surface area (Å²) in [6.45, 7) is 4.31. The lowest BCUT2D eigenvalue weighted by Gasteiger charge is -1.93. The topological polar surface area (TPSA) is 25.8 Å². The van der Waals surface area contributed by atoms with Crippen LogP contribution in [-0.4, -0.2) is 9.97 Å². The normalized spacial score (nSPS) is 11.1. The van der Waals surface area contributed by atoms with Gasteiger partial charge >= 0.3 is 0 Å². The number of nitrogens with zero attached hydrogens (tertiary/aromatic N) is 2. The summed E-state index contributed by atoms with van der Waals surface area (Å²) in [5.41, 5.74) is 3.60. The Labute approximate surface area is 102 Å². The molecule has 0 bridgehead atoms. The van der Waals surface area contributed by atoms with Gasteiger partial charge in [-0.2, -0.15) is 0 Å². The second-order valence-corrected chi connectivity index (χ2v) is 5.81. The van der Waals surface area contributed by atoms with Crippen LogP contribution in [0, 0.1) is 13.8 Å². The van der Waals surface area contributed by atoms with Crippen molar-refractivity contribution < 1.29 is 0 Å². The molecule has 0 aliphatic heterocycles. The number of pyridine rings is 1. The van der Waals surface area contributed by atoms with Gasteiger partial charge in [-0.25, -0.2) is 4.98 Å². The van der Waals surface area contributed by atoms with Crippen LogP contribution in [0.15, 0.2) is 23.8 Å². The van der Waals surface area contributed by atoms with Crippen LogP contribution >= 0.6 is 22.7 Å². The molecule has 0 radical (unpaired) electrons. The summed E-state index contributed by atoms with van der Waals surface area (Å²) in [7, 11) is 0. The Kier molecular flexibility index (Phi) is 2.26. The number of fused-ring (bicyclic) bond motifs is 1. The number of aryl methyl sites for hydroxylation is 1. The van der Waals surface area contributed by atoms with Crippen molar-refractivity contribution in [3.63, 3.8) is 0 Å². The molecule has 0 aliphatic carbocycles. The van der Waals surface area contributed by atoms with Gasteiger partial charge in [-0.15, -0.1) is 22.7 Å². The highest BCUT2D eigenvalue weighted by Crippen LogP contribution is 2.35. The van der Waals surface area contributed by atoms with Crippen LogP contribution < -0.4 is 0 Å². The Hall–Kier alpha value is -1.26. The molecule has 0 N–H and O–H groups in total. The van der Waals surface area contributed by atoms with Gasteiger partial charge in [0.15, 0.2) is 0 Å². The van der Waals surface area contributed by atoms with Gasteiger partial charge < -0.3 is 0 Å². The van der Waals surface area contributed by atoms with Crippen LogP contribution in [0.3, 0.4) is 0 Å². The van der Waals surface area contributed by atoms with E-state index in [-0.39, 0.29) is 0 Å². The second-order valence-electron chi connectivity index (χ2n) is 3.69. The average molecular weight is 246 g/mol. The molecule has 80 valence electrons. The van der Waals surface area contributed by atoms with E-state index >= 15 is 0 Å². The van der Waals surface area contributed by atoms with E-state index in [0.29, 0.717) is 0 Å².